The predicted molar refractivity (Wildman–Crippen MR) is 53.5 cm³/mol. The van der Waals surface area contributed by atoms with Crippen LogP contribution in [0.15, 0.2) is 0 Å². The summed E-state index contributed by atoms with van der Waals surface area (Å²) in [7, 11) is 1.64. The van der Waals surface area contributed by atoms with E-state index in [1.54, 1.807) is 7.11 Å². The third-order valence-corrected chi connectivity index (χ3v) is 2.39. The van der Waals surface area contributed by atoms with Gasteiger partial charge < -0.3 is 15.2 Å². The molecule has 0 unspecified atom stereocenters. The average molecular weight is 213 g/mol. The zero-order valence-corrected chi connectivity index (χ0v) is 8.60. The van der Waals surface area contributed by atoms with E-state index in [-0.39, 0.29) is 11.4 Å². The van der Waals surface area contributed by atoms with Crippen molar-refractivity contribution in [2.24, 2.45) is 0 Å². The molecule has 1 rings (SSSR count). The Labute approximate surface area is 86.1 Å². The summed E-state index contributed by atoms with van der Waals surface area (Å²) in [6, 6.07) is 1.89. The normalized spacial score (nSPS) is 9.71. The fourth-order valence-corrected chi connectivity index (χ4v) is 1.59. The maximum absolute atomic E-state index is 9.15. The summed E-state index contributed by atoms with van der Waals surface area (Å²) in [5.74, 6) is -0.202. The Bertz CT molecular complexity index is 332. The highest BCUT2D eigenvalue weighted by Crippen LogP contribution is 2.28. The van der Waals surface area contributed by atoms with Crippen molar-refractivity contribution in [2.45, 2.75) is 6.42 Å². The van der Waals surface area contributed by atoms with Crippen LogP contribution in [0, 0.1) is 11.3 Å². The molecule has 0 atom stereocenters. The highest BCUT2D eigenvalue weighted by Gasteiger charge is 2.11. The smallest absolute Gasteiger partial charge is 0.243 e. The van der Waals surface area contributed by atoms with Crippen LogP contribution in [0.1, 0.15) is 12.0 Å². The molecule has 1 aromatic rings. The number of hydrogen-bond acceptors (Lipinski definition) is 6. The van der Waals surface area contributed by atoms with Gasteiger partial charge in [-0.15, -0.1) is 0 Å². The van der Waals surface area contributed by atoms with Gasteiger partial charge in [0.05, 0.1) is 0 Å². The Morgan fingerprint density at radius 1 is 1.71 bits per heavy atom. The van der Waals surface area contributed by atoms with Crippen molar-refractivity contribution in [3.63, 3.8) is 0 Å². The van der Waals surface area contributed by atoms with Gasteiger partial charge in [-0.2, -0.15) is 9.64 Å². The van der Waals surface area contributed by atoms with Crippen LogP contribution >= 0.6 is 11.5 Å². The monoisotopic (exact) mass is 213 g/mol. The molecule has 0 aliphatic heterocycles. The van der Waals surface area contributed by atoms with Gasteiger partial charge >= 0.3 is 0 Å². The maximum Gasteiger partial charge on any atom is 0.243 e. The molecular formula is C8H11N3O2S. The summed E-state index contributed by atoms with van der Waals surface area (Å²) in [4.78, 5) is 0. The molecule has 0 aliphatic carbocycles. The molecule has 76 valence electrons. The van der Waals surface area contributed by atoms with Gasteiger partial charge in [-0.1, -0.05) is 0 Å². The first kappa shape index (κ1) is 10.8. The third kappa shape index (κ3) is 2.58. The largest absolute Gasteiger partial charge is 0.492 e. The zero-order chi connectivity index (χ0) is 10.4. The van der Waals surface area contributed by atoms with E-state index in [4.69, 9.17) is 15.1 Å². The lowest BCUT2D eigenvalue weighted by Crippen LogP contribution is -2.04. The first-order valence-electron chi connectivity index (χ1n) is 4.11. The van der Waals surface area contributed by atoms with E-state index < -0.39 is 0 Å². The molecule has 0 fully saturated rings. The lowest BCUT2D eigenvalue weighted by atomic mass is 10.3. The van der Waals surface area contributed by atoms with Crippen molar-refractivity contribution in [3.05, 3.63) is 5.56 Å². The van der Waals surface area contributed by atoms with Gasteiger partial charge in [-0.05, 0) is 18.0 Å². The molecule has 0 saturated heterocycles. The number of nitrogens with zero attached hydrogens (tertiary/aromatic N) is 2. The second kappa shape index (κ2) is 5.42. The summed E-state index contributed by atoms with van der Waals surface area (Å²) in [6.07, 6.45) is 0.847. The van der Waals surface area contributed by atoms with Crippen molar-refractivity contribution in [2.75, 3.05) is 25.6 Å². The van der Waals surface area contributed by atoms with Gasteiger partial charge in [-0.3, -0.25) is 0 Å². The minimum absolute atomic E-state index is 0.202. The number of hydrogen-bond donors (Lipinski definition) is 2. The molecule has 0 bridgehead atoms. The first-order chi connectivity index (χ1) is 6.79. The molecule has 0 radical (unpaired) electrons. The van der Waals surface area contributed by atoms with Crippen molar-refractivity contribution in [3.8, 4) is 11.9 Å². The van der Waals surface area contributed by atoms with Gasteiger partial charge in [-0.25, -0.2) is 0 Å². The van der Waals surface area contributed by atoms with E-state index in [9.17, 15) is 0 Å². The number of nitrogens with one attached hydrogen (secondary N) is 1. The lowest BCUT2D eigenvalue weighted by molar-refractivity contribution is 0.198. The number of aromatic nitrogens is 1. The van der Waals surface area contributed by atoms with Crippen LogP contribution in [0.25, 0.3) is 0 Å². The quantitative estimate of drug-likeness (QED) is 0.718. The average Bonchev–Trinajstić information content (AvgIpc) is 2.54. The number of nitriles is 1. The van der Waals surface area contributed by atoms with Crippen LogP contribution < -0.4 is 5.32 Å². The Kier molecular flexibility index (Phi) is 4.16. The van der Waals surface area contributed by atoms with Crippen LogP contribution in [0.2, 0.25) is 0 Å². The molecule has 0 saturated carbocycles. The van der Waals surface area contributed by atoms with Crippen LogP contribution in [0.4, 0.5) is 5.00 Å². The molecule has 1 aromatic heterocycles. The second-order valence-corrected chi connectivity index (χ2v) is 3.37. The third-order valence-electron chi connectivity index (χ3n) is 1.60. The van der Waals surface area contributed by atoms with Gasteiger partial charge in [0, 0.05) is 20.3 Å². The lowest BCUT2D eigenvalue weighted by Gasteiger charge is -2.01. The second-order valence-electron chi connectivity index (χ2n) is 2.60. The maximum atomic E-state index is 9.15. The van der Waals surface area contributed by atoms with E-state index in [0.29, 0.717) is 18.2 Å². The molecule has 6 heteroatoms. The predicted octanol–water partition coefficient (Wildman–Crippen LogP) is 1.17. The van der Waals surface area contributed by atoms with Gasteiger partial charge in [0.2, 0.25) is 5.88 Å². The van der Waals surface area contributed by atoms with E-state index in [1.165, 1.54) is 0 Å². The summed E-state index contributed by atoms with van der Waals surface area (Å²) >= 11 is 1.08. The summed E-state index contributed by atoms with van der Waals surface area (Å²) in [6.45, 7) is 1.36. The number of anilines is 1. The molecule has 2 N–H and O–H groups in total. The van der Waals surface area contributed by atoms with Crippen molar-refractivity contribution in [1.29, 1.82) is 5.26 Å². The highest BCUT2D eigenvalue weighted by atomic mass is 32.1. The summed E-state index contributed by atoms with van der Waals surface area (Å²) in [5, 5.41) is 21.5. The Morgan fingerprint density at radius 2 is 2.50 bits per heavy atom. The van der Waals surface area contributed by atoms with E-state index in [2.05, 4.69) is 9.69 Å². The fourth-order valence-electron chi connectivity index (χ4n) is 0.922. The van der Waals surface area contributed by atoms with Crippen LogP contribution in [0.5, 0.6) is 5.88 Å². The topological polar surface area (TPSA) is 78.2 Å². The molecule has 14 heavy (non-hydrogen) atoms. The molecule has 0 amide bonds. The molecular weight excluding hydrogens is 202 g/mol. The Morgan fingerprint density at radius 3 is 3.14 bits per heavy atom. The van der Waals surface area contributed by atoms with Crippen LogP contribution in [0.3, 0.4) is 0 Å². The van der Waals surface area contributed by atoms with Crippen molar-refractivity contribution >= 4 is 16.5 Å². The summed E-state index contributed by atoms with van der Waals surface area (Å²) < 4.78 is 8.54. The minimum Gasteiger partial charge on any atom is -0.492 e. The van der Waals surface area contributed by atoms with Crippen LogP contribution in [-0.2, 0) is 4.74 Å². The van der Waals surface area contributed by atoms with Crippen molar-refractivity contribution < 1.29 is 9.84 Å². The SMILES string of the molecule is COCCCNc1snc(O)c1C#N. The fraction of sp³-hybridized carbons (Fsp3) is 0.500. The number of aromatic hydroxyl groups is 1. The van der Waals surface area contributed by atoms with Gasteiger partial charge in [0.1, 0.15) is 16.6 Å². The molecule has 5 nitrogen and oxygen atoms in total. The molecule has 1 heterocycles. The Balaban J connectivity index is 2.47. The zero-order valence-electron chi connectivity index (χ0n) is 7.78. The van der Waals surface area contributed by atoms with E-state index in [1.807, 2.05) is 6.07 Å². The molecule has 0 spiro atoms. The molecule has 0 aromatic carbocycles. The van der Waals surface area contributed by atoms with Gasteiger partial charge in [0.25, 0.3) is 0 Å². The highest BCUT2D eigenvalue weighted by molar-refractivity contribution is 7.10. The number of ether oxygens (including phenoxy) is 1. The summed E-state index contributed by atoms with van der Waals surface area (Å²) in [5.41, 5.74) is 0.215. The number of rotatable bonds is 5. The standard InChI is InChI=1S/C8H11N3O2S/c1-13-4-2-3-10-8-6(5-9)7(12)11-14-8/h10H,2-4H2,1H3,(H,11,12). The van der Waals surface area contributed by atoms with E-state index >= 15 is 0 Å². The number of methoxy groups -OCH3 is 1. The Hall–Kier alpha value is -1.32. The van der Waals surface area contributed by atoms with Crippen molar-refractivity contribution in [1.82, 2.24) is 4.37 Å². The van der Waals surface area contributed by atoms with E-state index in [0.717, 1.165) is 18.0 Å². The van der Waals surface area contributed by atoms with Crippen LogP contribution in [-0.4, -0.2) is 29.7 Å². The minimum atomic E-state index is -0.202. The molecule has 0 aliphatic rings. The van der Waals surface area contributed by atoms with Gasteiger partial charge in [0.15, 0.2) is 0 Å². The first-order valence-corrected chi connectivity index (χ1v) is 4.88.